The largest absolute Gasteiger partial charge is 0.385 e. The Labute approximate surface area is 125 Å². The molecule has 0 saturated heterocycles. The predicted molar refractivity (Wildman–Crippen MR) is 81.8 cm³/mol. The zero-order valence-electron chi connectivity index (χ0n) is 12.5. The molecule has 0 aliphatic rings. The van der Waals surface area contributed by atoms with Crippen LogP contribution in [-0.4, -0.2) is 45.8 Å². The molecular weight excluding hydrogens is 273 g/mol. The zero-order valence-corrected chi connectivity index (χ0v) is 12.5. The quantitative estimate of drug-likeness (QED) is 0.635. The smallest absolute Gasteiger partial charge is 0.239 e. The summed E-state index contributed by atoms with van der Waals surface area (Å²) in [5.41, 5.74) is 6.20. The minimum absolute atomic E-state index is 0.0904. The van der Waals surface area contributed by atoms with Crippen LogP contribution >= 0.6 is 0 Å². The molecule has 6 heteroatoms. The summed E-state index contributed by atoms with van der Waals surface area (Å²) < 4.78 is 18.2. The number of carbonyl (C=O) groups is 1. The molecule has 5 nitrogen and oxygen atoms in total. The average Bonchev–Trinajstić information content (AvgIpc) is 2.48. The van der Waals surface area contributed by atoms with Gasteiger partial charge in [0, 0.05) is 32.5 Å². The van der Waals surface area contributed by atoms with Crippen LogP contribution in [0.5, 0.6) is 0 Å². The molecule has 21 heavy (non-hydrogen) atoms. The van der Waals surface area contributed by atoms with Crippen molar-refractivity contribution in [2.24, 2.45) is 5.73 Å². The van der Waals surface area contributed by atoms with Crippen LogP contribution in [0.3, 0.4) is 0 Å². The van der Waals surface area contributed by atoms with Crippen molar-refractivity contribution in [1.82, 2.24) is 5.32 Å². The minimum Gasteiger partial charge on any atom is -0.385 e. The third kappa shape index (κ3) is 7.06. The Hall–Kier alpha value is -1.66. The molecule has 0 aliphatic heterocycles. The lowest BCUT2D eigenvalue weighted by Gasteiger charge is -2.24. The number of amides is 1. The van der Waals surface area contributed by atoms with Gasteiger partial charge in [-0.25, -0.2) is 4.39 Å². The summed E-state index contributed by atoms with van der Waals surface area (Å²) >= 11 is 0. The molecule has 1 amide bonds. The Morgan fingerprint density at radius 3 is 2.90 bits per heavy atom. The van der Waals surface area contributed by atoms with E-state index < -0.39 is 0 Å². The van der Waals surface area contributed by atoms with Crippen LogP contribution < -0.4 is 16.0 Å². The Morgan fingerprint density at radius 2 is 2.24 bits per heavy atom. The number of nitrogens with zero attached hydrogens (tertiary/aromatic N) is 1. The number of rotatable bonds is 10. The van der Waals surface area contributed by atoms with Crippen LogP contribution in [0.15, 0.2) is 24.3 Å². The van der Waals surface area contributed by atoms with Crippen molar-refractivity contribution in [3.05, 3.63) is 30.1 Å². The van der Waals surface area contributed by atoms with Crippen molar-refractivity contribution < 1.29 is 13.9 Å². The van der Waals surface area contributed by atoms with E-state index in [0.717, 1.165) is 12.8 Å². The van der Waals surface area contributed by atoms with Gasteiger partial charge in [0.15, 0.2) is 0 Å². The standard InChI is InChI=1S/C15H24FN3O2/c1-21-10-4-8-18-15(20)12-19(9-3-7-17)14-6-2-5-13(16)11-14/h2,5-6,11H,3-4,7-10,12,17H2,1H3,(H,18,20). The highest BCUT2D eigenvalue weighted by Gasteiger charge is 2.11. The van der Waals surface area contributed by atoms with Crippen LogP contribution in [0.25, 0.3) is 0 Å². The lowest BCUT2D eigenvalue weighted by molar-refractivity contribution is -0.119. The number of nitrogens with two attached hydrogens (primary N) is 1. The van der Waals surface area contributed by atoms with E-state index in [1.807, 2.05) is 4.90 Å². The number of carbonyl (C=O) groups excluding carboxylic acids is 1. The average molecular weight is 297 g/mol. The molecule has 118 valence electrons. The molecule has 0 aliphatic carbocycles. The van der Waals surface area contributed by atoms with Crippen molar-refractivity contribution in [3.63, 3.8) is 0 Å². The number of anilines is 1. The molecule has 0 fully saturated rings. The second kappa shape index (κ2) is 10.1. The minimum atomic E-state index is -0.314. The normalized spacial score (nSPS) is 10.4. The monoisotopic (exact) mass is 297 g/mol. The van der Waals surface area contributed by atoms with Crippen LogP contribution in [0, 0.1) is 5.82 Å². The van der Waals surface area contributed by atoms with E-state index >= 15 is 0 Å². The Bertz CT molecular complexity index is 429. The Balaban J connectivity index is 2.55. The summed E-state index contributed by atoms with van der Waals surface area (Å²) in [4.78, 5) is 13.8. The summed E-state index contributed by atoms with van der Waals surface area (Å²) in [5, 5.41) is 2.82. The Kier molecular flexibility index (Phi) is 8.38. The van der Waals surface area contributed by atoms with Gasteiger partial charge in [0.1, 0.15) is 5.82 Å². The topological polar surface area (TPSA) is 67.6 Å². The van der Waals surface area contributed by atoms with Gasteiger partial charge in [-0.15, -0.1) is 0 Å². The predicted octanol–water partition coefficient (Wildman–Crippen LogP) is 1.13. The summed E-state index contributed by atoms with van der Waals surface area (Å²) in [6.07, 6.45) is 1.51. The highest BCUT2D eigenvalue weighted by atomic mass is 19.1. The number of benzene rings is 1. The first-order valence-electron chi connectivity index (χ1n) is 7.13. The van der Waals surface area contributed by atoms with E-state index in [1.54, 1.807) is 19.2 Å². The summed E-state index contributed by atoms with van der Waals surface area (Å²) in [7, 11) is 1.63. The van der Waals surface area contributed by atoms with E-state index in [4.69, 9.17) is 10.5 Å². The highest BCUT2D eigenvalue weighted by molar-refractivity contribution is 5.81. The molecule has 0 aromatic heterocycles. The summed E-state index contributed by atoms with van der Waals surface area (Å²) in [5.74, 6) is -0.405. The van der Waals surface area contributed by atoms with E-state index in [9.17, 15) is 9.18 Å². The van der Waals surface area contributed by atoms with Gasteiger partial charge in [0.25, 0.3) is 0 Å². The molecular formula is C15H24FN3O2. The van der Waals surface area contributed by atoms with Gasteiger partial charge >= 0.3 is 0 Å². The lowest BCUT2D eigenvalue weighted by atomic mass is 10.2. The fourth-order valence-corrected chi connectivity index (χ4v) is 1.93. The third-order valence-electron chi connectivity index (χ3n) is 2.99. The molecule has 0 atom stereocenters. The first-order chi connectivity index (χ1) is 10.2. The van der Waals surface area contributed by atoms with Gasteiger partial charge in [0.05, 0.1) is 6.54 Å². The van der Waals surface area contributed by atoms with Gasteiger partial charge in [0.2, 0.25) is 5.91 Å². The third-order valence-corrected chi connectivity index (χ3v) is 2.99. The number of methoxy groups -OCH3 is 1. The number of hydrogen-bond acceptors (Lipinski definition) is 4. The van der Waals surface area contributed by atoms with E-state index in [-0.39, 0.29) is 18.3 Å². The maximum Gasteiger partial charge on any atom is 0.239 e. The van der Waals surface area contributed by atoms with Crippen molar-refractivity contribution in [2.75, 3.05) is 44.8 Å². The molecule has 0 saturated carbocycles. The molecule has 1 aromatic carbocycles. The van der Waals surface area contributed by atoms with Gasteiger partial charge in [-0.05, 0) is 37.6 Å². The maximum absolute atomic E-state index is 13.3. The van der Waals surface area contributed by atoms with Crippen molar-refractivity contribution >= 4 is 11.6 Å². The van der Waals surface area contributed by atoms with Crippen molar-refractivity contribution in [2.45, 2.75) is 12.8 Å². The first kappa shape index (κ1) is 17.4. The molecule has 1 rings (SSSR count). The molecule has 0 heterocycles. The van der Waals surface area contributed by atoms with E-state index in [0.29, 0.717) is 31.9 Å². The summed E-state index contributed by atoms with van der Waals surface area (Å²) in [6.45, 7) is 2.52. The van der Waals surface area contributed by atoms with Gasteiger partial charge < -0.3 is 20.7 Å². The Morgan fingerprint density at radius 1 is 1.43 bits per heavy atom. The van der Waals surface area contributed by atoms with Gasteiger partial charge in [-0.2, -0.15) is 0 Å². The second-order valence-electron chi connectivity index (χ2n) is 4.74. The molecule has 0 spiro atoms. The van der Waals surface area contributed by atoms with E-state index in [2.05, 4.69) is 5.32 Å². The number of halogens is 1. The summed E-state index contributed by atoms with van der Waals surface area (Å²) in [6, 6.07) is 6.23. The van der Waals surface area contributed by atoms with Gasteiger partial charge in [-0.3, -0.25) is 4.79 Å². The SMILES string of the molecule is COCCCNC(=O)CN(CCCN)c1cccc(F)c1. The molecule has 3 N–H and O–H groups in total. The molecule has 0 bridgehead atoms. The number of nitrogens with one attached hydrogen (secondary N) is 1. The fraction of sp³-hybridized carbons (Fsp3) is 0.533. The molecule has 1 aromatic rings. The van der Waals surface area contributed by atoms with Crippen LogP contribution in [0.4, 0.5) is 10.1 Å². The van der Waals surface area contributed by atoms with Crippen molar-refractivity contribution in [3.8, 4) is 0 Å². The van der Waals surface area contributed by atoms with Crippen LogP contribution in [0.2, 0.25) is 0 Å². The zero-order chi connectivity index (χ0) is 15.5. The first-order valence-corrected chi connectivity index (χ1v) is 7.13. The van der Waals surface area contributed by atoms with Crippen LogP contribution in [0.1, 0.15) is 12.8 Å². The molecule has 0 radical (unpaired) electrons. The van der Waals surface area contributed by atoms with Gasteiger partial charge in [-0.1, -0.05) is 6.07 Å². The highest BCUT2D eigenvalue weighted by Crippen LogP contribution is 2.15. The van der Waals surface area contributed by atoms with Crippen molar-refractivity contribution in [1.29, 1.82) is 0 Å². The van der Waals surface area contributed by atoms with Crippen LogP contribution in [-0.2, 0) is 9.53 Å². The molecule has 0 unspecified atom stereocenters. The lowest BCUT2D eigenvalue weighted by Crippen LogP contribution is -2.38. The second-order valence-corrected chi connectivity index (χ2v) is 4.74. The number of ether oxygens (including phenoxy) is 1. The number of hydrogen-bond donors (Lipinski definition) is 2. The fourth-order valence-electron chi connectivity index (χ4n) is 1.93. The van der Waals surface area contributed by atoms with E-state index in [1.165, 1.54) is 12.1 Å². The maximum atomic E-state index is 13.3.